The lowest BCUT2D eigenvalue weighted by Crippen LogP contribution is -2.44. The molecular weight excluding hydrogens is 406 g/mol. The zero-order valence-electron chi connectivity index (χ0n) is 18.8. The van der Waals surface area contributed by atoms with E-state index in [9.17, 15) is 14.4 Å². The SMILES string of the molecule is CCC(CC)C(=O)N1CCCC[C@@H]1c1nc2c(c(=O)[nH]1)CCN(C(=O)c1ccncc1)C2. The molecule has 0 radical (unpaired) electrons. The largest absolute Gasteiger partial charge is 0.332 e. The quantitative estimate of drug-likeness (QED) is 0.775. The van der Waals surface area contributed by atoms with Crippen molar-refractivity contribution in [2.45, 2.75) is 65.0 Å². The molecule has 0 aromatic carbocycles. The zero-order valence-corrected chi connectivity index (χ0v) is 18.8. The molecule has 1 atom stereocenters. The predicted octanol–water partition coefficient (Wildman–Crippen LogP) is 2.85. The standard InChI is InChI=1S/C24H31N5O3/c1-3-16(4-2)24(32)29-13-6-5-7-20(29)21-26-19-15-28(14-10-18(19)22(30)27-21)23(31)17-8-11-25-12-9-17/h8-9,11-12,16,20H,3-7,10,13-15H2,1-2H3,(H,26,27,30)/t20-/m1/s1. The van der Waals surface area contributed by atoms with Gasteiger partial charge in [-0.25, -0.2) is 4.98 Å². The number of aromatic nitrogens is 3. The van der Waals surface area contributed by atoms with Crippen molar-refractivity contribution in [2.24, 2.45) is 5.92 Å². The van der Waals surface area contributed by atoms with E-state index in [1.165, 1.54) is 0 Å². The third-order valence-corrected chi connectivity index (χ3v) is 6.74. The minimum atomic E-state index is -0.221. The topological polar surface area (TPSA) is 99.3 Å². The van der Waals surface area contributed by atoms with Gasteiger partial charge in [0.05, 0.1) is 18.3 Å². The number of hydrogen-bond donors (Lipinski definition) is 1. The fraction of sp³-hybridized carbons (Fsp3) is 0.542. The second kappa shape index (κ2) is 9.63. The summed E-state index contributed by atoms with van der Waals surface area (Å²) in [6.45, 7) is 5.53. The molecule has 8 heteroatoms. The Balaban J connectivity index is 1.62. The monoisotopic (exact) mass is 437 g/mol. The first-order valence-corrected chi connectivity index (χ1v) is 11.6. The lowest BCUT2D eigenvalue weighted by molar-refractivity contribution is -0.140. The van der Waals surface area contributed by atoms with Gasteiger partial charge in [0.25, 0.3) is 11.5 Å². The number of fused-ring (bicyclic) bond motifs is 1. The number of H-pyrrole nitrogens is 1. The second-order valence-electron chi connectivity index (χ2n) is 8.65. The first kappa shape index (κ1) is 22.2. The molecule has 2 amide bonds. The van der Waals surface area contributed by atoms with Crippen LogP contribution in [0.15, 0.2) is 29.3 Å². The number of rotatable bonds is 5. The van der Waals surface area contributed by atoms with Gasteiger partial charge in [-0.1, -0.05) is 13.8 Å². The van der Waals surface area contributed by atoms with Gasteiger partial charge < -0.3 is 14.8 Å². The maximum atomic E-state index is 13.2. The summed E-state index contributed by atoms with van der Waals surface area (Å²) in [5.41, 5.74) is 1.70. The predicted molar refractivity (Wildman–Crippen MR) is 120 cm³/mol. The number of nitrogens with zero attached hydrogens (tertiary/aromatic N) is 4. The van der Waals surface area contributed by atoms with Crippen molar-refractivity contribution in [1.29, 1.82) is 0 Å². The smallest absolute Gasteiger partial charge is 0.254 e. The zero-order chi connectivity index (χ0) is 22.7. The van der Waals surface area contributed by atoms with E-state index in [1.807, 2.05) is 18.7 Å². The molecule has 2 aliphatic heterocycles. The van der Waals surface area contributed by atoms with Crippen LogP contribution in [0.5, 0.6) is 0 Å². The lowest BCUT2D eigenvalue weighted by Gasteiger charge is -2.37. The maximum absolute atomic E-state index is 13.2. The maximum Gasteiger partial charge on any atom is 0.254 e. The fourth-order valence-corrected chi connectivity index (χ4v) is 4.82. The first-order chi connectivity index (χ1) is 15.5. The minimum absolute atomic E-state index is 0.00609. The molecule has 2 aromatic heterocycles. The van der Waals surface area contributed by atoms with Crippen molar-refractivity contribution in [3.05, 3.63) is 57.5 Å². The van der Waals surface area contributed by atoms with E-state index >= 15 is 0 Å². The van der Waals surface area contributed by atoms with Gasteiger partial charge in [-0.2, -0.15) is 0 Å². The molecule has 2 aromatic rings. The van der Waals surface area contributed by atoms with Crippen LogP contribution < -0.4 is 5.56 Å². The van der Waals surface area contributed by atoms with Crippen LogP contribution in [0.2, 0.25) is 0 Å². The van der Waals surface area contributed by atoms with E-state index in [0.29, 0.717) is 48.7 Å². The van der Waals surface area contributed by atoms with E-state index in [-0.39, 0.29) is 29.3 Å². The molecule has 2 aliphatic rings. The number of hydrogen-bond acceptors (Lipinski definition) is 5. The number of carbonyl (C=O) groups excluding carboxylic acids is 2. The molecule has 0 aliphatic carbocycles. The molecule has 0 bridgehead atoms. The number of aromatic amines is 1. The van der Waals surface area contributed by atoms with E-state index in [0.717, 1.165) is 32.1 Å². The van der Waals surface area contributed by atoms with Crippen molar-refractivity contribution < 1.29 is 9.59 Å². The van der Waals surface area contributed by atoms with E-state index < -0.39 is 0 Å². The molecule has 170 valence electrons. The third-order valence-electron chi connectivity index (χ3n) is 6.74. The van der Waals surface area contributed by atoms with Gasteiger partial charge in [0.1, 0.15) is 5.82 Å². The molecule has 0 spiro atoms. The van der Waals surface area contributed by atoms with Gasteiger partial charge in [0.15, 0.2) is 0 Å². The molecule has 32 heavy (non-hydrogen) atoms. The van der Waals surface area contributed by atoms with Crippen LogP contribution in [0.3, 0.4) is 0 Å². The van der Waals surface area contributed by atoms with Crippen molar-refractivity contribution in [3.63, 3.8) is 0 Å². The summed E-state index contributed by atoms with van der Waals surface area (Å²) in [6.07, 6.45) is 8.01. The van der Waals surface area contributed by atoms with Crippen LogP contribution in [0.1, 0.15) is 79.4 Å². The molecule has 0 saturated carbocycles. The first-order valence-electron chi connectivity index (χ1n) is 11.6. The number of carbonyl (C=O) groups is 2. The summed E-state index contributed by atoms with van der Waals surface area (Å²) in [5, 5.41) is 0. The minimum Gasteiger partial charge on any atom is -0.332 e. The lowest BCUT2D eigenvalue weighted by atomic mass is 9.95. The van der Waals surface area contributed by atoms with E-state index in [1.54, 1.807) is 29.4 Å². The summed E-state index contributed by atoms with van der Waals surface area (Å²) in [6, 6.07) is 3.16. The molecular formula is C24H31N5O3. The highest BCUT2D eigenvalue weighted by molar-refractivity contribution is 5.94. The van der Waals surface area contributed by atoms with Gasteiger partial charge in [0, 0.05) is 42.5 Å². The molecule has 1 N–H and O–H groups in total. The summed E-state index contributed by atoms with van der Waals surface area (Å²) >= 11 is 0. The highest BCUT2D eigenvalue weighted by atomic mass is 16.2. The van der Waals surface area contributed by atoms with Crippen LogP contribution in [0, 0.1) is 5.92 Å². The molecule has 4 heterocycles. The summed E-state index contributed by atoms with van der Waals surface area (Å²) in [5.74, 6) is 0.596. The summed E-state index contributed by atoms with van der Waals surface area (Å²) < 4.78 is 0. The normalized spacial score (nSPS) is 18.5. The molecule has 1 saturated heterocycles. The fourth-order valence-electron chi connectivity index (χ4n) is 4.82. The van der Waals surface area contributed by atoms with Crippen LogP contribution in [-0.2, 0) is 17.8 Å². The Morgan fingerprint density at radius 3 is 2.62 bits per heavy atom. The van der Waals surface area contributed by atoms with Crippen molar-refractivity contribution >= 4 is 11.8 Å². The van der Waals surface area contributed by atoms with Gasteiger partial charge in [-0.05, 0) is 50.7 Å². The average molecular weight is 438 g/mol. The second-order valence-corrected chi connectivity index (χ2v) is 8.65. The van der Waals surface area contributed by atoms with Crippen LogP contribution in [0.4, 0.5) is 0 Å². The Hall–Kier alpha value is -3.03. The molecule has 1 fully saturated rings. The Labute approximate surface area is 188 Å². The Kier molecular flexibility index (Phi) is 6.67. The van der Waals surface area contributed by atoms with Gasteiger partial charge in [-0.3, -0.25) is 19.4 Å². The Bertz CT molecular complexity index is 1030. The van der Waals surface area contributed by atoms with E-state index in [4.69, 9.17) is 4.98 Å². The van der Waals surface area contributed by atoms with Crippen molar-refractivity contribution in [1.82, 2.24) is 24.8 Å². The third kappa shape index (κ3) is 4.31. The number of nitrogens with one attached hydrogen (secondary N) is 1. The van der Waals surface area contributed by atoms with Crippen molar-refractivity contribution in [3.8, 4) is 0 Å². The van der Waals surface area contributed by atoms with Crippen LogP contribution in [0.25, 0.3) is 0 Å². The van der Waals surface area contributed by atoms with Gasteiger partial charge >= 0.3 is 0 Å². The average Bonchev–Trinajstić information content (AvgIpc) is 2.84. The highest BCUT2D eigenvalue weighted by Gasteiger charge is 2.34. The summed E-state index contributed by atoms with van der Waals surface area (Å²) in [7, 11) is 0. The summed E-state index contributed by atoms with van der Waals surface area (Å²) in [4.78, 5) is 54.3. The van der Waals surface area contributed by atoms with Crippen molar-refractivity contribution in [2.75, 3.05) is 13.1 Å². The number of amides is 2. The molecule has 8 nitrogen and oxygen atoms in total. The van der Waals surface area contributed by atoms with Crippen LogP contribution >= 0.6 is 0 Å². The van der Waals surface area contributed by atoms with Crippen LogP contribution in [-0.4, -0.2) is 49.7 Å². The number of pyridine rings is 1. The van der Waals surface area contributed by atoms with Gasteiger partial charge in [-0.15, -0.1) is 0 Å². The van der Waals surface area contributed by atoms with E-state index in [2.05, 4.69) is 9.97 Å². The molecule has 0 unspecified atom stereocenters. The Morgan fingerprint density at radius 1 is 1.16 bits per heavy atom. The molecule has 4 rings (SSSR count). The number of piperidine rings is 1. The highest BCUT2D eigenvalue weighted by Crippen LogP contribution is 2.31. The Morgan fingerprint density at radius 2 is 1.91 bits per heavy atom. The number of likely N-dealkylation sites (tertiary alicyclic amines) is 1. The van der Waals surface area contributed by atoms with Gasteiger partial charge in [0.2, 0.25) is 5.91 Å².